The smallest absolute Gasteiger partial charge is 0.282 e. The largest absolute Gasteiger partial charge is 0.332 e. The molecule has 0 heterocycles. The predicted molar refractivity (Wildman–Crippen MR) is 118 cm³/mol. The van der Waals surface area contributed by atoms with Crippen molar-refractivity contribution in [3.05, 3.63) is 100 Å². The van der Waals surface area contributed by atoms with Gasteiger partial charge in [0.25, 0.3) is 17.5 Å². The molecule has 0 unspecified atom stereocenters. The van der Waals surface area contributed by atoms with E-state index in [2.05, 4.69) is 16.0 Å². The molecule has 3 aromatic carbocycles. The average Bonchev–Trinajstić information content (AvgIpc) is 2.74. The van der Waals surface area contributed by atoms with Gasteiger partial charge in [0.2, 0.25) is 0 Å². The summed E-state index contributed by atoms with van der Waals surface area (Å²) in [6, 6.07) is 21.1. The standard InChI is InChI=1S/C21H16N4O4S/c26-19(14-7-2-1-3-8-14)22-15-9-6-10-16(13-15)23-21(30)24-20(27)17-11-4-5-12-18(17)25(28)29/h1-13H,(H,22,26)(H2,23,24,27,30). The Morgan fingerprint density at radius 1 is 0.800 bits per heavy atom. The highest BCUT2D eigenvalue weighted by atomic mass is 32.1. The van der Waals surface area contributed by atoms with Gasteiger partial charge in [-0.15, -0.1) is 0 Å². The minimum Gasteiger partial charge on any atom is -0.332 e. The van der Waals surface area contributed by atoms with Crippen molar-refractivity contribution in [2.45, 2.75) is 0 Å². The van der Waals surface area contributed by atoms with Crippen LogP contribution in [0.5, 0.6) is 0 Å². The van der Waals surface area contributed by atoms with E-state index in [-0.39, 0.29) is 22.3 Å². The number of hydrogen-bond donors (Lipinski definition) is 3. The number of nitro groups is 1. The van der Waals surface area contributed by atoms with E-state index in [0.29, 0.717) is 16.9 Å². The van der Waals surface area contributed by atoms with E-state index in [0.717, 1.165) is 0 Å². The Morgan fingerprint density at radius 3 is 2.13 bits per heavy atom. The molecule has 0 aliphatic heterocycles. The van der Waals surface area contributed by atoms with Crippen molar-refractivity contribution >= 4 is 46.2 Å². The second-order valence-corrected chi connectivity index (χ2v) is 6.49. The molecule has 8 nitrogen and oxygen atoms in total. The van der Waals surface area contributed by atoms with E-state index in [1.54, 1.807) is 48.5 Å². The number of nitrogens with one attached hydrogen (secondary N) is 3. The first kappa shape index (κ1) is 20.6. The number of thiocarbonyl (C=S) groups is 1. The highest BCUT2D eigenvalue weighted by molar-refractivity contribution is 7.80. The van der Waals surface area contributed by atoms with Gasteiger partial charge in [0.1, 0.15) is 5.56 Å². The van der Waals surface area contributed by atoms with Crippen molar-refractivity contribution in [1.29, 1.82) is 0 Å². The molecule has 0 aromatic heterocycles. The summed E-state index contributed by atoms with van der Waals surface area (Å²) in [4.78, 5) is 35.0. The van der Waals surface area contributed by atoms with Crippen molar-refractivity contribution in [3.63, 3.8) is 0 Å². The molecule has 0 fully saturated rings. The number of nitro benzene ring substituents is 1. The van der Waals surface area contributed by atoms with Crippen molar-refractivity contribution in [2.75, 3.05) is 10.6 Å². The van der Waals surface area contributed by atoms with Crippen molar-refractivity contribution in [3.8, 4) is 0 Å². The van der Waals surface area contributed by atoms with Gasteiger partial charge in [0.15, 0.2) is 5.11 Å². The lowest BCUT2D eigenvalue weighted by Gasteiger charge is -2.11. The summed E-state index contributed by atoms with van der Waals surface area (Å²) >= 11 is 5.13. The Kier molecular flexibility index (Phi) is 6.46. The lowest BCUT2D eigenvalue weighted by Crippen LogP contribution is -2.34. The minimum absolute atomic E-state index is 0.0373. The molecule has 150 valence electrons. The van der Waals surface area contributed by atoms with Crippen LogP contribution in [-0.2, 0) is 0 Å². The molecule has 0 aliphatic rings. The normalized spacial score (nSPS) is 10.0. The molecule has 2 amide bonds. The molecule has 0 spiro atoms. The number of carbonyl (C=O) groups is 2. The van der Waals surface area contributed by atoms with E-state index in [1.807, 2.05) is 6.07 Å². The monoisotopic (exact) mass is 420 g/mol. The van der Waals surface area contributed by atoms with Crippen LogP contribution in [0.2, 0.25) is 0 Å². The molecule has 3 aromatic rings. The fourth-order valence-corrected chi connectivity index (χ4v) is 2.84. The van der Waals surface area contributed by atoms with Gasteiger partial charge in [0.05, 0.1) is 4.92 Å². The summed E-state index contributed by atoms with van der Waals surface area (Å²) in [5, 5.41) is 19.0. The van der Waals surface area contributed by atoms with Gasteiger partial charge in [-0.3, -0.25) is 25.0 Å². The average molecular weight is 420 g/mol. The highest BCUT2D eigenvalue weighted by Crippen LogP contribution is 2.18. The zero-order chi connectivity index (χ0) is 21.5. The molecule has 9 heteroatoms. The van der Waals surface area contributed by atoms with Crippen molar-refractivity contribution in [1.82, 2.24) is 5.32 Å². The fraction of sp³-hybridized carbons (Fsp3) is 0. The number of anilines is 2. The van der Waals surface area contributed by atoms with E-state index in [4.69, 9.17) is 12.2 Å². The predicted octanol–water partition coefficient (Wildman–Crippen LogP) is 3.97. The maximum atomic E-state index is 12.3. The fourth-order valence-electron chi connectivity index (χ4n) is 2.63. The highest BCUT2D eigenvalue weighted by Gasteiger charge is 2.19. The Morgan fingerprint density at radius 2 is 1.43 bits per heavy atom. The third-order valence-corrected chi connectivity index (χ3v) is 4.19. The third kappa shape index (κ3) is 5.24. The Hall–Kier alpha value is -4.11. The molecule has 0 saturated carbocycles. The van der Waals surface area contributed by atoms with E-state index in [9.17, 15) is 19.7 Å². The lowest BCUT2D eigenvalue weighted by molar-refractivity contribution is -0.385. The van der Waals surface area contributed by atoms with Crippen LogP contribution in [0.25, 0.3) is 0 Å². The van der Waals surface area contributed by atoms with Gasteiger partial charge in [-0.05, 0) is 48.6 Å². The lowest BCUT2D eigenvalue weighted by atomic mass is 10.1. The number of amides is 2. The Bertz CT molecular complexity index is 1120. The molecular formula is C21H16N4O4S. The number of hydrogen-bond acceptors (Lipinski definition) is 5. The Balaban J connectivity index is 1.65. The zero-order valence-electron chi connectivity index (χ0n) is 15.5. The molecule has 30 heavy (non-hydrogen) atoms. The number of nitrogens with zero attached hydrogens (tertiary/aromatic N) is 1. The van der Waals surface area contributed by atoms with Crippen LogP contribution in [0.4, 0.5) is 17.1 Å². The maximum Gasteiger partial charge on any atom is 0.282 e. The van der Waals surface area contributed by atoms with E-state index in [1.165, 1.54) is 24.3 Å². The number of para-hydroxylation sites is 1. The van der Waals surface area contributed by atoms with Crippen LogP contribution < -0.4 is 16.0 Å². The van der Waals surface area contributed by atoms with Gasteiger partial charge in [-0.25, -0.2) is 0 Å². The van der Waals surface area contributed by atoms with Crippen LogP contribution in [0, 0.1) is 10.1 Å². The molecule has 0 saturated heterocycles. The molecule has 0 aliphatic carbocycles. The number of rotatable bonds is 5. The van der Waals surface area contributed by atoms with Gasteiger partial charge < -0.3 is 10.6 Å². The van der Waals surface area contributed by atoms with Crippen LogP contribution in [0.15, 0.2) is 78.9 Å². The van der Waals surface area contributed by atoms with Crippen LogP contribution in [-0.4, -0.2) is 21.9 Å². The van der Waals surface area contributed by atoms with Gasteiger partial charge in [-0.2, -0.15) is 0 Å². The summed E-state index contributed by atoms with van der Waals surface area (Å²) < 4.78 is 0. The van der Waals surface area contributed by atoms with Gasteiger partial charge in [-0.1, -0.05) is 36.4 Å². The SMILES string of the molecule is O=C(Nc1cccc(NC(=S)NC(=O)c2ccccc2[N+](=O)[O-])c1)c1ccccc1. The first-order valence-electron chi connectivity index (χ1n) is 8.76. The minimum atomic E-state index is -0.701. The van der Waals surface area contributed by atoms with E-state index < -0.39 is 10.8 Å². The summed E-state index contributed by atoms with van der Waals surface area (Å²) in [5.74, 6) is -0.964. The quantitative estimate of drug-likeness (QED) is 0.327. The number of benzene rings is 3. The maximum absolute atomic E-state index is 12.3. The summed E-state index contributed by atoms with van der Waals surface area (Å²) in [6.45, 7) is 0. The van der Waals surface area contributed by atoms with Gasteiger partial charge >= 0.3 is 0 Å². The first-order valence-corrected chi connectivity index (χ1v) is 9.17. The summed E-state index contributed by atoms with van der Waals surface area (Å²) in [7, 11) is 0. The molecule has 0 radical (unpaired) electrons. The molecule has 3 rings (SSSR count). The van der Waals surface area contributed by atoms with Crippen molar-refractivity contribution < 1.29 is 14.5 Å². The van der Waals surface area contributed by atoms with Gasteiger partial charge in [0, 0.05) is 23.0 Å². The van der Waals surface area contributed by atoms with Crippen LogP contribution in [0.3, 0.4) is 0 Å². The van der Waals surface area contributed by atoms with Crippen LogP contribution in [0.1, 0.15) is 20.7 Å². The molecule has 0 bridgehead atoms. The third-order valence-electron chi connectivity index (χ3n) is 3.99. The first-order chi connectivity index (χ1) is 14.4. The summed E-state index contributed by atoms with van der Waals surface area (Å²) in [6.07, 6.45) is 0. The second-order valence-electron chi connectivity index (χ2n) is 6.08. The molecule has 0 atom stereocenters. The second kappa shape index (κ2) is 9.39. The van der Waals surface area contributed by atoms with Crippen LogP contribution >= 0.6 is 12.2 Å². The number of carbonyl (C=O) groups excluding carboxylic acids is 2. The summed E-state index contributed by atoms with van der Waals surface area (Å²) in [5.41, 5.74) is 1.15. The van der Waals surface area contributed by atoms with E-state index >= 15 is 0 Å². The molecule has 3 N–H and O–H groups in total. The van der Waals surface area contributed by atoms with Crippen molar-refractivity contribution in [2.24, 2.45) is 0 Å². The Labute approximate surface area is 177 Å². The zero-order valence-corrected chi connectivity index (χ0v) is 16.3. The topological polar surface area (TPSA) is 113 Å². The molecular weight excluding hydrogens is 404 g/mol.